The third-order valence-corrected chi connectivity index (χ3v) is 7.70. The van der Waals surface area contributed by atoms with Gasteiger partial charge in [-0.2, -0.15) is 10.5 Å². The Kier molecular flexibility index (Phi) is 7.42. The van der Waals surface area contributed by atoms with Gasteiger partial charge in [0.1, 0.15) is 11.8 Å². The number of carbonyl (C=O) groups is 1. The van der Waals surface area contributed by atoms with Crippen molar-refractivity contribution >= 4 is 28.2 Å². The molecule has 1 aliphatic rings. The van der Waals surface area contributed by atoms with Crippen LogP contribution in [0.1, 0.15) is 82.6 Å². The molecule has 10 nitrogen and oxygen atoms in total. The van der Waals surface area contributed by atoms with Gasteiger partial charge in [-0.1, -0.05) is 54.6 Å². The standard InChI is InChI=1S/C33H29N9O/c1-2-27(21-7-4-3-5-8-21)38-30-24(17-35)18-37-32-26(30)13-20(16-34)14-28(32)39-31(22-9-6-10-23(15-22)33(36)43)29-19-42(41-40-29)25-11-12-25/h3-10,13-15,18-19,25,27,31,39H,2,11-12H2,1H3,(H2,36,43)(H,37,38)/t27-,31+/m1/s1. The lowest BCUT2D eigenvalue weighted by atomic mass is 9.99. The van der Waals surface area contributed by atoms with Crippen molar-refractivity contribution in [1.29, 1.82) is 10.5 Å². The fourth-order valence-corrected chi connectivity index (χ4v) is 5.29. The number of benzene rings is 3. The molecule has 0 saturated heterocycles. The van der Waals surface area contributed by atoms with Crippen molar-refractivity contribution in [2.45, 2.75) is 44.3 Å². The smallest absolute Gasteiger partial charge is 0.248 e. The molecule has 0 bridgehead atoms. The highest BCUT2D eigenvalue weighted by Crippen LogP contribution is 2.38. The molecule has 5 aromatic rings. The molecular weight excluding hydrogens is 538 g/mol. The lowest BCUT2D eigenvalue weighted by Crippen LogP contribution is -2.16. The van der Waals surface area contributed by atoms with E-state index in [2.05, 4.69) is 45.0 Å². The highest BCUT2D eigenvalue weighted by molar-refractivity contribution is 6.01. The summed E-state index contributed by atoms with van der Waals surface area (Å²) >= 11 is 0. The quantitative estimate of drug-likeness (QED) is 0.192. The largest absolute Gasteiger partial charge is 0.377 e. The van der Waals surface area contributed by atoms with Crippen LogP contribution in [0.3, 0.4) is 0 Å². The van der Waals surface area contributed by atoms with Gasteiger partial charge in [-0.05, 0) is 54.7 Å². The molecule has 0 unspecified atom stereocenters. The number of amides is 1. The summed E-state index contributed by atoms with van der Waals surface area (Å²) in [5.41, 5.74) is 11.0. The zero-order valence-corrected chi connectivity index (χ0v) is 23.5. The predicted molar refractivity (Wildman–Crippen MR) is 163 cm³/mol. The highest BCUT2D eigenvalue weighted by Gasteiger charge is 2.28. The van der Waals surface area contributed by atoms with Crippen molar-refractivity contribution in [2.75, 3.05) is 10.6 Å². The van der Waals surface area contributed by atoms with E-state index in [0.29, 0.717) is 50.7 Å². The number of pyridine rings is 1. The second-order valence-corrected chi connectivity index (χ2v) is 10.6. The summed E-state index contributed by atoms with van der Waals surface area (Å²) in [5.74, 6) is -0.538. The number of hydrogen-bond acceptors (Lipinski definition) is 8. The lowest BCUT2D eigenvalue weighted by molar-refractivity contribution is 0.1000. The van der Waals surface area contributed by atoms with E-state index >= 15 is 0 Å². The minimum Gasteiger partial charge on any atom is -0.377 e. The number of carbonyl (C=O) groups excluding carboxylic acids is 1. The molecule has 10 heteroatoms. The molecule has 1 amide bonds. The number of nitrogens with zero attached hydrogens (tertiary/aromatic N) is 6. The number of anilines is 2. The van der Waals surface area contributed by atoms with Crippen LogP contribution in [0.25, 0.3) is 10.9 Å². The number of hydrogen-bond donors (Lipinski definition) is 3. The Balaban J connectivity index is 1.48. The summed E-state index contributed by atoms with van der Waals surface area (Å²) in [7, 11) is 0. The first-order valence-corrected chi connectivity index (χ1v) is 14.2. The topological polar surface area (TPSA) is 158 Å². The molecular formula is C33H29N9O. The average molecular weight is 568 g/mol. The van der Waals surface area contributed by atoms with Gasteiger partial charge >= 0.3 is 0 Å². The number of primary amides is 1. The van der Waals surface area contributed by atoms with Crippen molar-refractivity contribution in [3.05, 3.63) is 113 Å². The molecule has 2 atom stereocenters. The SMILES string of the molecule is CC[C@@H](Nc1c(C#N)cnc2c(N[C@@H](c3cccc(C(N)=O)c3)c3cn(C4CC4)nn3)cc(C#N)cc12)c1ccccc1. The Bertz CT molecular complexity index is 1900. The molecule has 2 aromatic heterocycles. The second-order valence-electron chi connectivity index (χ2n) is 10.6. The van der Waals surface area contributed by atoms with Gasteiger partial charge in [0.15, 0.2) is 0 Å². The molecule has 1 aliphatic carbocycles. The van der Waals surface area contributed by atoms with Crippen LogP contribution in [0, 0.1) is 22.7 Å². The number of nitrogens with two attached hydrogens (primary N) is 1. The van der Waals surface area contributed by atoms with E-state index in [-0.39, 0.29) is 6.04 Å². The van der Waals surface area contributed by atoms with Gasteiger partial charge in [0.05, 0.1) is 58.4 Å². The molecule has 0 radical (unpaired) electrons. The Morgan fingerprint density at radius 1 is 1.05 bits per heavy atom. The van der Waals surface area contributed by atoms with Crippen molar-refractivity contribution in [3.8, 4) is 12.1 Å². The van der Waals surface area contributed by atoms with Crippen LogP contribution in [0.5, 0.6) is 0 Å². The van der Waals surface area contributed by atoms with Gasteiger partial charge < -0.3 is 16.4 Å². The van der Waals surface area contributed by atoms with Crippen molar-refractivity contribution in [2.24, 2.45) is 5.73 Å². The number of rotatable bonds is 10. The molecule has 0 aliphatic heterocycles. The van der Waals surface area contributed by atoms with E-state index in [1.165, 1.54) is 0 Å². The molecule has 212 valence electrons. The Morgan fingerprint density at radius 3 is 2.53 bits per heavy atom. The van der Waals surface area contributed by atoms with E-state index in [1.807, 2.05) is 47.3 Å². The van der Waals surface area contributed by atoms with Crippen LogP contribution < -0.4 is 16.4 Å². The molecule has 43 heavy (non-hydrogen) atoms. The zero-order chi connectivity index (χ0) is 29.9. The van der Waals surface area contributed by atoms with E-state index in [1.54, 1.807) is 36.5 Å². The Hall–Kier alpha value is -5.74. The first-order valence-electron chi connectivity index (χ1n) is 14.2. The van der Waals surface area contributed by atoms with Crippen molar-refractivity contribution in [3.63, 3.8) is 0 Å². The third kappa shape index (κ3) is 5.59. The van der Waals surface area contributed by atoms with E-state index in [0.717, 1.165) is 30.4 Å². The fourth-order valence-electron chi connectivity index (χ4n) is 5.29. The van der Waals surface area contributed by atoms with Crippen molar-refractivity contribution in [1.82, 2.24) is 20.0 Å². The number of aromatic nitrogens is 4. The molecule has 1 saturated carbocycles. The average Bonchev–Trinajstić information content (AvgIpc) is 3.78. The van der Waals surface area contributed by atoms with Crippen LogP contribution in [0.15, 0.2) is 79.1 Å². The molecule has 6 rings (SSSR count). The number of nitriles is 2. The van der Waals surface area contributed by atoms with Crippen molar-refractivity contribution < 1.29 is 4.79 Å². The summed E-state index contributed by atoms with van der Waals surface area (Å²) in [6.45, 7) is 2.08. The summed E-state index contributed by atoms with van der Waals surface area (Å²) in [5, 5.41) is 36.6. The number of fused-ring (bicyclic) bond motifs is 1. The van der Waals surface area contributed by atoms with Gasteiger partial charge in [0.25, 0.3) is 0 Å². The highest BCUT2D eigenvalue weighted by atomic mass is 16.1. The Morgan fingerprint density at radius 2 is 1.84 bits per heavy atom. The van der Waals surface area contributed by atoms with Crippen LogP contribution >= 0.6 is 0 Å². The monoisotopic (exact) mass is 567 g/mol. The van der Waals surface area contributed by atoms with Gasteiger partial charge in [0, 0.05) is 17.1 Å². The van der Waals surface area contributed by atoms with Crippen LogP contribution in [0.4, 0.5) is 11.4 Å². The summed E-state index contributed by atoms with van der Waals surface area (Å²) in [4.78, 5) is 16.7. The van der Waals surface area contributed by atoms with Gasteiger partial charge in [0.2, 0.25) is 5.91 Å². The minimum atomic E-state index is -0.538. The molecule has 2 heterocycles. The maximum absolute atomic E-state index is 12.0. The van der Waals surface area contributed by atoms with Gasteiger partial charge in [-0.15, -0.1) is 5.10 Å². The maximum Gasteiger partial charge on any atom is 0.248 e. The summed E-state index contributed by atoms with van der Waals surface area (Å²) in [6, 6.07) is 24.8. The molecule has 1 fully saturated rings. The van der Waals surface area contributed by atoms with Gasteiger partial charge in [-0.3, -0.25) is 9.78 Å². The fraction of sp³-hybridized carbons (Fsp3) is 0.212. The first kappa shape index (κ1) is 27.4. The minimum absolute atomic E-state index is 0.0669. The lowest BCUT2D eigenvalue weighted by Gasteiger charge is -2.23. The Labute approximate surface area is 248 Å². The maximum atomic E-state index is 12.0. The zero-order valence-electron chi connectivity index (χ0n) is 23.5. The first-order chi connectivity index (χ1) is 21.0. The summed E-state index contributed by atoms with van der Waals surface area (Å²) in [6.07, 6.45) is 6.33. The molecule has 4 N–H and O–H groups in total. The molecule has 3 aromatic carbocycles. The third-order valence-electron chi connectivity index (χ3n) is 7.70. The predicted octanol–water partition coefficient (Wildman–Crippen LogP) is 5.77. The van der Waals surface area contributed by atoms with Gasteiger partial charge in [-0.25, -0.2) is 4.68 Å². The summed E-state index contributed by atoms with van der Waals surface area (Å²) < 4.78 is 1.86. The van der Waals surface area contributed by atoms with Crippen LogP contribution in [0.2, 0.25) is 0 Å². The van der Waals surface area contributed by atoms with E-state index < -0.39 is 11.9 Å². The van der Waals surface area contributed by atoms with E-state index in [9.17, 15) is 15.3 Å². The van der Waals surface area contributed by atoms with Crippen LogP contribution in [-0.2, 0) is 0 Å². The van der Waals surface area contributed by atoms with E-state index in [4.69, 9.17) is 5.73 Å². The number of nitrogens with one attached hydrogen (secondary N) is 2. The second kappa shape index (κ2) is 11.6. The molecule has 0 spiro atoms. The van der Waals surface area contributed by atoms with Crippen LogP contribution in [-0.4, -0.2) is 25.9 Å². The normalized spacial score (nSPS) is 13.9.